The van der Waals surface area contributed by atoms with E-state index in [-0.39, 0.29) is 0 Å². The Bertz CT molecular complexity index is 326. The average Bonchev–Trinajstić information content (AvgIpc) is 2.82. The van der Waals surface area contributed by atoms with Gasteiger partial charge in [0.05, 0.1) is 5.51 Å². The van der Waals surface area contributed by atoms with Gasteiger partial charge >= 0.3 is 0 Å². The maximum atomic E-state index is 4.26. The van der Waals surface area contributed by atoms with Crippen molar-refractivity contribution in [2.45, 2.75) is 38.6 Å². The van der Waals surface area contributed by atoms with Gasteiger partial charge in [-0.3, -0.25) is 9.88 Å². The fourth-order valence-electron chi connectivity index (χ4n) is 2.92. The summed E-state index contributed by atoms with van der Waals surface area (Å²) in [5.41, 5.74) is 1.96. The van der Waals surface area contributed by atoms with Gasteiger partial charge in [-0.1, -0.05) is 13.3 Å². The van der Waals surface area contributed by atoms with Crippen LogP contribution >= 0.6 is 11.3 Å². The fourth-order valence-corrected chi connectivity index (χ4v) is 3.80. The predicted octanol–water partition coefficient (Wildman–Crippen LogP) is 2.92. The second-order valence-corrected chi connectivity index (χ2v) is 6.21. The number of likely N-dealkylation sites (tertiary alicyclic amines) is 1. The van der Waals surface area contributed by atoms with Crippen LogP contribution in [0.3, 0.4) is 0 Å². The monoisotopic (exact) mass is 267 g/mol. The molecule has 1 saturated heterocycles. The molecule has 4 heteroatoms. The number of nitrogens with zero attached hydrogens (tertiary/aromatic N) is 2. The molecule has 0 bridgehead atoms. The van der Waals surface area contributed by atoms with Crippen molar-refractivity contribution in [1.29, 1.82) is 0 Å². The molecule has 2 unspecified atom stereocenters. The molecule has 0 radical (unpaired) electrons. The number of nitrogens with one attached hydrogen (secondary N) is 1. The third kappa shape index (κ3) is 3.53. The summed E-state index contributed by atoms with van der Waals surface area (Å²) >= 11 is 1.80. The van der Waals surface area contributed by atoms with E-state index in [0.29, 0.717) is 6.04 Å². The molecule has 102 valence electrons. The van der Waals surface area contributed by atoms with Gasteiger partial charge < -0.3 is 5.32 Å². The normalized spacial score (nSPS) is 26.1. The highest BCUT2D eigenvalue weighted by atomic mass is 32.1. The first-order chi connectivity index (χ1) is 8.83. The Morgan fingerprint density at radius 2 is 2.39 bits per heavy atom. The van der Waals surface area contributed by atoms with Crippen LogP contribution < -0.4 is 5.32 Å². The molecule has 3 nitrogen and oxygen atoms in total. The number of hydrogen-bond acceptors (Lipinski definition) is 4. The molecule has 18 heavy (non-hydrogen) atoms. The highest BCUT2D eigenvalue weighted by Gasteiger charge is 2.29. The molecule has 0 aromatic carbocycles. The molecule has 2 atom stereocenters. The van der Waals surface area contributed by atoms with Gasteiger partial charge in [-0.15, -0.1) is 11.3 Å². The van der Waals surface area contributed by atoms with Gasteiger partial charge in [-0.05, 0) is 51.9 Å². The van der Waals surface area contributed by atoms with E-state index >= 15 is 0 Å². The van der Waals surface area contributed by atoms with E-state index in [4.69, 9.17) is 0 Å². The average molecular weight is 267 g/mol. The van der Waals surface area contributed by atoms with Crippen molar-refractivity contribution >= 4 is 11.3 Å². The van der Waals surface area contributed by atoms with Crippen LogP contribution in [0.25, 0.3) is 0 Å². The number of thiazole rings is 1. The molecular weight excluding hydrogens is 242 g/mol. The second-order valence-electron chi connectivity index (χ2n) is 5.29. The molecule has 1 aromatic rings. The highest BCUT2D eigenvalue weighted by molar-refractivity contribution is 7.09. The van der Waals surface area contributed by atoms with Gasteiger partial charge in [0.1, 0.15) is 0 Å². The van der Waals surface area contributed by atoms with E-state index in [1.165, 1.54) is 37.1 Å². The third-order valence-corrected chi connectivity index (χ3v) is 4.68. The topological polar surface area (TPSA) is 28.2 Å². The minimum Gasteiger partial charge on any atom is -0.316 e. The molecule has 0 amide bonds. The molecular formula is C14H25N3S. The van der Waals surface area contributed by atoms with Crippen molar-refractivity contribution in [3.8, 4) is 0 Å². The Kier molecular flexibility index (Phi) is 5.60. The molecule has 0 saturated carbocycles. The van der Waals surface area contributed by atoms with E-state index in [9.17, 15) is 0 Å². The smallest absolute Gasteiger partial charge is 0.0794 e. The molecule has 2 heterocycles. The molecule has 1 fully saturated rings. The van der Waals surface area contributed by atoms with Gasteiger partial charge in [-0.25, -0.2) is 0 Å². The maximum absolute atomic E-state index is 4.26. The van der Waals surface area contributed by atoms with Crippen LogP contribution in [0.15, 0.2) is 11.7 Å². The van der Waals surface area contributed by atoms with Gasteiger partial charge in [0.15, 0.2) is 0 Å². The van der Waals surface area contributed by atoms with E-state index in [1.54, 1.807) is 11.3 Å². The van der Waals surface area contributed by atoms with Gasteiger partial charge in [0.2, 0.25) is 0 Å². The summed E-state index contributed by atoms with van der Waals surface area (Å²) in [5, 5.41) is 3.60. The Morgan fingerprint density at radius 1 is 1.50 bits per heavy atom. The van der Waals surface area contributed by atoms with Crippen molar-refractivity contribution in [2.24, 2.45) is 5.92 Å². The number of hydrogen-bond donors (Lipinski definition) is 1. The lowest BCUT2D eigenvalue weighted by molar-refractivity contribution is 0.192. The highest BCUT2D eigenvalue weighted by Crippen LogP contribution is 2.35. The Balaban J connectivity index is 2.06. The van der Waals surface area contributed by atoms with Crippen LogP contribution in [0, 0.1) is 5.92 Å². The summed E-state index contributed by atoms with van der Waals surface area (Å²) in [7, 11) is 2.27. The van der Waals surface area contributed by atoms with Crippen molar-refractivity contribution in [3.63, 3.8) is 0 Å². The third-order valence-electron chi connectivity index (χ3n) is 3.83. The van der Waals surface area contributed by atoms with E-state index in [2.05, 4.69) is 35.4 Å². The van der Waals surface area contributed by atoms with E-state index < -0.39 is 0 Å². The molecule has 1 N–H and O–H groups in total. The zero-order valence-corrected chi connectivity index (χ0v) is 12.4. The summed E-state index contributed by atoms with van der Waals surface area (Å²) < 4.78 is 0. The summed E-state index contributed by atoms with van der Waals surface area (Å²) in [6, 6.07) is 0.560. The maximum Gasteiger partial charge on any atom is 0.0794 e. The molecule has 1 aromatic heterocycles. The van der Waals surface area contributed by atoms with Crippen molar-refractivity contribution in [1.82, 2.24) is 15.2 Å². The van der Waals surface area contributed by atoms with Crippen molar-refractivity contribution in [2.75, 3.05) is 26.7 Å². The van der Waals surface area contributed by atoms with Crippen LogP contribution in [0.4, 0.5) is 0 Å². The first-order valence-electron chi connectivity index (χ1n) is 7.12. The van der Waals surface area contributed by atoms with Gasteiger partial charge in [0.25, 0.3) is 0 Å². The SMILES string of the molecule is CCCNCC1CCCCN(C)C1c1cncs1. The number of rotatable bonds is 5. The number of aromatic nitrogens is 1. The lowest BCUT2D eigenvalue weighted by Crippen LogP contribution is -2.34. The summed E-state index contributed by atoms with van der Waals surface area (Å²) in [5.74, 6) is 0.726. The van der Waals surface area contributed by atoms with Crippen molar-refractivity contribution < 1.29 is 0 Å². The van der Waals surface area contributed by atoms with E-state index in [0.717, 1.165) is 19.0 Å². The quantitative estimate of drug-likeness (QED) is 0.832. The van der Waals surface area contributed by atoms with Gasteiger partial charge in [-0.2, -0.15) is 0 Å². The largest absolute Gasteiger partial charge is 0.316 e. The lowest BCUT2D eigenvalue weighted by atomic mass is 9.93. The first-order valence-corrected chi connectivity index (χ1v) is 8.00. The molecule has 0 spiro atoms. The molecule has 0 aliphatic carbocycles. The fraction of sp³-hybridized carbons (Fsp3) is 0.786. The minimum atomic E-state index is 0.560. The zero-order valence-electron chi connectivity index (χ0n) is 11.6. The molecule has 1 aliphatic rings. The lowest BCUT2D eigenvalue weighted by Gasteiger charge is -2.31. The Labute approximate surface area is 115 Å². The van der Waals surface area contributed by atoms with Crippen LogP contribution in [0.2, 0.25) is 0 Å². The summed E-state index contributed by atoms with van der Waals surface area (Å²) in [4.78, 5) is 8.22. The van der Waals surface area contributed by atoms with Crippen LogP contribution in [-0.4, -0.2) is 36.6 Å². The summed E-state index contributed by atoms with van der Waals surface area (Å²) in [6.45, 7) is 5.72. The molecule has 2 rings (SSSR count). The van der Waals surface area contributed by atoms with Crippen LogP contribution in [-0.2, 0) is 0 Å². The predicted molar refractivity (Wildman–Crippen MR) is 78.0 cm³/mol. The van der Waals surface area contributed by atoms with Crippen LogP contribution in [0.1, 0.15) is 43.5 Å². The second kappa shape index (κ2) is 7.22. The van der Waals surface area contributed by atoms with Crippen molar-refractivity contribution in [3.05, 3.63) is 16.6 Å². The Hall–Kier alpha value is -0.450. The van der Waals surface area contributed by atoms with Crippen LogP contribution in [0.5, 0.6) is 0 Å². The minimum absolute atomic E-state index is 0.560. The van der Waals surface area contributed by atoms with Gasteiger partial charge in [0, 0.05) is 17.1 Å². The van der Waals surface area contributed by atoms with E-state index in [1.807, 2.05) is 5.51 Å². The summed E-state index contributed by atoms with van der Waals surface area (Å²) in [6.07, 6.45) is 7.30. The standard InChI is InChI=1S/C14H25N3S/c1-3-7-15-9-12-6-4-5-8-17(2)14(12)13-10-16-11-18-13/h10-12,14-15H,3-9H2,1-2H3. The zero-order chi connectivity index (χ0) is 12.8. The molecule has 1 aliphatic heterocycles. The Morgan fingerprint density at radius 3 is 3.11 bits per heavy atom. The first kappa shape index (κ1) is 14.0.